The highest BCUT2D eigenvalue weighted by atomic mass is 16.5. The quantitative estimate of drug-likeness (QED) is 0.430. The molecular formula is C27H29NO7. The Morgan fingerprint density at radius 3 is 2.09 bits per heavy atom. The maximum atomic E-state index is 13.5. The molecule has 0 aliphatic carbocycles. The first-order chi connectivity index (χ1) is 16.9. The van der Waals surface area contributed by atoms with Crippen LogP contribution in [0.15, 0.2) is 66.7 Å². The van der Waals surface area contributed by atoms with Crippen molar-refractivity contribution in [3.05, 3.63) is 83.4 Å². The van der Waals surface area contributed by atoms with Crippen molar-refractivity contribution in [2.45, 2.75) is 19.5 Å². The standard InChI is InChI=1S/C27H29NO7/c1-18(19-8-6-5-7-9-19)28(16-20-10-11-21(32-2)14-24(20)34-4)26(29)17-35-25-15-22(33-3)12-13-23(25)27(30)31/h5-15,18H,16-17H2,1-4H3,(H,30,31)/t18-/m1/s1. The molecule has 1 amide bonds. The minimum atomic E-state index is -1.16. The van der Waals surface area contributed by atoms with E-state index in [4.69, 9.17) is 18.9 Å². The molecule has 8 nitrogen and oxygen atoms in total. The van der Waals surface area contributed by atoms with Gasteiger partial charge in [0.1, 0.15) is 28.6 Å². The van der Waals surface area contributed by atoms with E-state index in [2.05, 4.69) is 0 Å². The second-order valence-corrected chi connectivity index (χ2v) is 7.74. The average Bonchev–Trinajstić information content (AvgIpc) is 2.90. The Bertz CT molecular complexity index is 1160. The van der Waals surface area contributed by atoms with Crippen molar-refractivity contribution in [2.75, 3.05) is 27.9 Å². The van der Waals surface area contributed by atoms with Crippen LogP contribution in [-0.2, 0) is 11.3 Å². The molecule has 1 atom stereocenters. The third-order valence-corrected chi connectivity index (χ3v) is 5.68. The number of rotatable bonds is 11. The monoisotopic (exact) mass is 479 g/mol. The summed E-state index contributed by atoms with van der Waals surface area (Å²) < 4.78 is 21.7. The Morgan fingerprint density at radius 2 is 1.49 bits per heavy atom. The molecule has 0 aliphatic rings. The fourth-order valence-electron chi connectivity index (χ4n) is 3.67. The molecule has 3 rings (SSSR count). The maximum absolute atomic E-state index is 13.5. The van der Waals surface area contributed by atoms with Gasteiger partial charge in [0.15, 0.2) is 6.61 Å². The van der Waals surface area contributed by atoms with Crippen LogP contribution in [0.25, 0.3) is 0 Å². The SMILES string of the molecule is COc1ccc(CN(C(=O)COc2cc(OC)ccc2C(=O)O)[C@H](C)c2ccccc2)c(OC)c1. The van der Waals surface area contributed by atoms with Crippen LogP contribution in [0.3, 0.4) is 0 Å². The summed E-state index contributed by atoms with van der Waals surface area (Å²) in [6, 6.07) is 19.1. The van der Waals surface area contributed by atoms with Crippen LogP contribution in [0.4, 0.5) is 0 Å². The van der Waals surface area contributed by atoms with E-state index in [1.54, 1.807) is 31.3 Å². The number of hydrogen-bond donors (Lipinski definition) is 1. The molecule has 1 N–H and O–H groups in total. The smallest absolute Gasteiger partial charge is 0.339 e. The Hall–Kier alpha value is -4.20. The molecule has 0 aliphatic heterocycles. The molecule has 3 aromatic rings. The summed E-state index contributed by atoms with van der Waals surface area (Å²) >= 11 is 0. The fraction of sp³-hybridized carbons (Fsp3) is 0.259. The zero-order valence-electron chi connectivity index (χ0n) is 20.2. The lowest BCUT2D eigenvalue weighted by molar-refractivity contribution is -0.136. The van der Waals surface area contributed by atoms with E-state index in [9.17, 15) is 14.7 Å². The molecule has 0 bridgehead atoms. The van der Waals surface area contributed by atoms with Gasteiger partial charge in [-0.15, -0.1) is 0 Å². The van der Waals surface area contributed by atoms with E-state index in [0.29, 0.717) is 17.2 Å². The number of amides is 1. The second kappa shape index (κ2) is 11.8. The third-order valence-electron chi connectivity index (χ3n) is 5.68. The van der Waals surface area contributed by atoms with E-state index < -0.39 is 5.97 Å². The normalized spacial score (nSPS) is 11.3. The lowest BCUT2D eigenvalue weighted by Crippen LogP contribution is -2.36. The molecule has 0 saturated heterocycles. The molecule has 0 spiro atoms. The lowest BCUT2D eigenvalue weighted by atomic mass is 10.1. The number of benzene rings is 3. The number of carbonyl (C=O) groups is 2. The Balaban J connectivity index is 1.90. The number of hydrogen-bond acceptors (Lipinski definition) is 6. The number of nitrogens with zero attached hydrogens (tertiary/aromatic N) is 1. The van der Waals surface area contributed by atoms with Crippen LogP contribution in [0.2, 0.25) is 0 Å². The van der Waals surface area contributed by atoms with Gasteiger partial charge in [-0.05, 0) is 36.8 Å². The number of carbonyl (C=O) groups excluding carboxylic acids is 1. The Kier molecular flexibility index (Phi) is 8.56. The molecule has 35 heavy (non-hydrogen) atoms. The molecule has 0 aromatic heterocycles. The van der Waals surface area contributed by atoms with Crippen LogP contribution in [0.1, 0.15) is 34.5 Å². The summed E-state index contributed by atoms with van der Waals surface area (Å²) in [5, 5.41) is 9.50. The minimum Gasteiger partial charge on any atom is -0.497 e. The van der Waals surface area contributed by atoms with Crippen LogP contribution in [0.5, 0.6) is 23.0 Å². The number of methoxy groups -OCH3 is 3. The van der Waals surface area contributed by atoms with Gasteiger partial charge in [0.05, 0.1) is 33.9 Å². The van der Waals surface area contributed by atoms with Gasteiger partial charge >= 0.3 is 5.97 Å². The van der Waals surface area contributed by atoms with Crippen molar-refractivity contribution in [3.63, 3.8) is 0 Å². The largest absolute Gasteiger partial charge is 0.497 e. The Labute approximate surface area is 204 Å². The molecule has 0 radical (unpaired) electrons. The molecule has 3 aromatic carbocycles. The first-order valence-corrected chi connectivity index (χ1v) is 11.0. The van der Waals surface area contributed by atoms with E-state index >= 15 is 0 Å². The van der Waals surface area contributed by atoms with Crippen LogP contribution >= 0.6 is 0 Å². The molecular weight excluding hydrogens is 450 g/mol. The summed E-state index contributed by atoms with van der Waals surface area (Å²) in [5.74, 6) is 0.229. The van der Waals surface area contributed by atoms with Gasteiger partial charge < -0.3 is 29.0 Å². The van der Waals surface area contributed by atoms with Crippen LogP contribution in [0, 0.1) is 0 Å². The van der Waals surface area contributed by atoms with Crippen LogP contribution in [-0.4, -0.2) is 49.8 Å². The van der Waals surface area contributed by atoms with Crippen molar-refractivity contribution in [1.29, 1.82) is 0 Å². The third kappa shape index (κ3) is 6.23. The van der Waals surface area contributed by atoms with Gasteiger partial charge in [-0.2, -0.15) is 0 Å². The molecule has 184 valence electrons. The first kappa shape index (κ1) is 25.4. The van der Waals surface area contributed by atoms with E-state index in [-0.39, 0.29) is 36.4 Å². The second-order valence-electron chi connectivity index (χ2n) is 7.74. The summed E-state index contributed by atoms with van der Waals surface area (Å²) in [6.45, 7) is 1.82. The summed E-state index contributed by atoms with van der Waals surface area (Å²) in [7, 11) is 4.60. The minimum absolute atomic E-state index is 0.0551. The first-order valence-electron chi connectivity index (χ1n) is 11.0. The Morgan fingerprint density at radius 1 is 0.857 bits per heavy atom. The lowest BCUT2D eigenvalue weighted by Gasteiger charge is -2.30. The summed E-state index contributed by atoms with van der Waals surface area (Å²) in [4.78, 5) is 26.7. The summed E-state index contributed by atoms with van der Waals surface area (Å²) in [5.41, 5.74) is 1.68. The van der Waals surface area contributed by atoms with Gasteiger partial charge in [-0.25, -0.2) is 4.79 Å². The van der Waals surface area contributed by atoms with Crippen molar-refractivity contribution in [1.82, 2.24) is 4.90 Å². The van der Waals surface area contributed by atoms with Gasteiger partial charge in [-0.1, -0.05) is 30.3 Å². The predicted molar refractivity (Wildman–Crippen MR) is 130 cm³/mol. The average molecular weight is 480 g/mol. The summed E-state index contributed by atoms with van der Waals surface area (Å²) in [6.07, 6.45) is 0. The number of carboxylic acids is 1. The van der Waals surface area contributed by atoms with Gasteiger partial charge in [0.2, 0.25) is 0 Å². The highest BCUT2D eigenvalue weighted by molar-refractivity contribution is 5.91. The highest BCUT2D eigenvalue weighted by Gasteiger charge is 2.24. The van der Waals surface area contributed by atoms with Gasteiger partial charge in [0.25, 0.3) is 5.91 Å². The predicted octanol–water partition coefficient (Wildman–Crippen LogP) is 4.58. The zero-order chi connectivity index (χ0) is 25.4. The molecule has 0 heterocycles. The molecule has 0 saturated carbocycles. The molecule has 8 heteroatoms. The van der Waals surface area contributed by atoms with Gasteiger partial charge in [-0.3, -0.25) is 4.79 Å². The van der Waals surface area contributed by atoms with Crippen molar-refractivity contribution in [2.24, 2.45) is 0 Å². The topological polar surface area (TPSA) is 94.5 Å². The molecule has 0 fully saturated rings. The fourth-order valence-corrected chi connectivity index (χ4v) is 3.67. The number of aromatic carboxylic acids is 1. The number of carboxylic acid groups (broad SMARTS) is 1. The van der Waals surface area contributed by atoms with E-state index in [1.165, 1.54) is 25.3 Å². The highest BCUT2D eigenvalue weighted by Crippen LogP contribution is 2.30. The van der Waals surface area contributed by atoms with E-state index in [1.807, 2.05) is 43.3 Å². The zero-order valence-corrected chi connectivity index (χ0v) is 20.2. The number of ether oxygens (including phenoxy) is 4. The van der Waals surface area contributed by atoms with Crippen molar-refractivity contribution >= 4 is 11.9 Å². The maximum Gasteiger partial charge on any atom is 0.339 e. The molecule has 0 unspecified atom stereocenters. The van der Waals surface area contributed by atoms with Crippen LogP contribution < -0.4 is 18.9 Å². The van der Waals surface area contributed by atoms with Gasteiger partial charge in [0, 0.05) is 17.7 Å². The van der Waals surface area contributed by atoms with Crippen molar-refractivity contribution < 1.29 is 33.6 Å². The van der Waals surface area contributed by atoms with E-state index in [0.717, 1.165) is 11.1 Å². The van der Waals surface area contributed by atoms with Crippen molar-refractivity contribution in [3.8, 4) is 23.0 Å².